The van der Waals surface area contributed by atoms with Crippen LogP contribution in [0.5, 0.6) is 0 Å². The second-order valence-corrected chi connectivity index (χ2v) is 19.0. The maximum Gasteiger partial charge on any atom is 0.306 e. The third-order valence-corrected chi connectivity index (χ3v) is 12.7. The van der Waals surface area contributed by atoms with E-state index in [0.717, 1.165) is 64.2 Å². The van der Waals surface area contributed by atoms with Crippen LogP contribution in [-0.2, 0) is 19.1 Å². The lowest BCUT2D eigenvalue weighted by molar-refractivity contribution is -0.161. The van der Waals surface area contributed by atoms with E-state index in [1.54, 1.807) is 0 Å². The van der Waals surface area contributed by atoms with Gasteiger partial charge >= 0.3 is 11.9 Å². The summed E-state index contributed by atoms with van der Waals surface area (Å²) >= 11 is 0. The van der Waals surface area contributed by atoms with Crippen LogP contribution >= 0.6 is 0 Å². The van der Waals surface area contributed by atoms with Crippen molar-refractivity contribution in [3.63, 3.8) is 0 Å². The molecule has 1 N–H and O–H groups in total. The summed E-state index contributed by atoms with van der Waals surface area (Å²) in [6, 6.07) is 0. The second kappa shape index (κ2) is 54.5. The van der Waals surface area contributed by atoms with Crippen molar-refractivity contribution in [2.24, 2.45) is 0 Å². The van der Waals surface area contributed by atoms with Crippen molar-refractivity contribution in [3.05, 3.63) is 36.5 Å². The summed E-state index contributed by atoms with van der Waals surface area (Å²) in [4.78, 5) is 24.5. The molecule has 0 aromatic carbocycles. The number of rotatable bonds is 52. The quantitative estimate of drug-likeness (QED) is 0.0374. The molecule has 63 heavy (non-hydrogen) atoms. The van der Waals surface area contributed by atoms with Crippen molar-refractivity contribution in [3.8, 4) is 0 Å². The fraction of sp³-hybridized carbons (Fsp3) is 0.862. The van der Waals surface area contributed by atoms with Crippen molar-refractivity contribution >= 4 is 11.9 Å². The topological polar surface area (TPSA) is 72.8 Å². The first kappa shape index (κ1) is 61.1. The highest BCUT2D eigenvalue weighted by Gasteiger charge is 2.16. The summed E-state index contributed by atoms with van der Waals surface area (Å²) in [6.07, 6.45) is 69.9. The third-order valence-electron chi connectivity index (χ3n) is 12.7. The van der Waals surface area contributed by atoms with Crippen LogP contribution in [0.15, 0.2) is 36.5 Å². The number of carbonyl (C=O) groups is 2. The van der Waals surface area contributed by atoms with E-state index in [0.29, 0.717) is 12.8 Å². The minimum atomic E-state index is -0.775. The predicted octanol–water partition coefficient (Wildman–Crippen LogP) is 18.7. The van der Waals surface area contributed by atoms with Crippen LogP contribution in [0, 0.1) is 0 Å². The Bertz CT molecular complexity index is 1000. The molecule has 0 rings (SSSR count). The van der Waals surface area contributed by atoms with Gasteiger partial charge in [0, 0.05) is 12.8 Å². The lowest BCUT2D eigenvalue weighted by atomic mass is 10.0. The van der Waals surface area contributed by atoms with Gasteiger partial charge in [0.1, 0.15) is 6.61 Å². The highest BCUT2D eigenvalue weighted by atomic mass is 16.6. The zero-order valence-corrected chi connectivity index (χ0v) is 42.4. The van der Waals surface area contributed by atoms with Gasteiger partial charge in [-0.05, 0) is 44.9 Å². The largest absolute Gasteiger partial charge is 0.462 e. The van der Waals surface area contributed by atoms with E-state index in [2.05, 4.69) is 50.3 Å². The summed E-state index contributed by atoms with van der Waals surface area (Å²) in [5.41, 5.74) is 0. The van der Waals surface area contributed by atoms with E-state index in [4.69, 9.17) is 9.47 Å². The van der Waals surface area contributed by atoms with E-state index < -0.39 is 6.10 Å². The molecule has 0 radical (unpaired) electrons. The number of carbonyl (C=O) groups excluding carboxylic acids is 2. The maximum absolute atomic E-state index is 12.3. The minimum absolute atomic E-state index is 0.0662. The fourth-order valence-electron chi connectivity index (χ4n) is 8.51. The van der Waals surface area contributed by atoms with Crippen molar-refractivity contribution in [1.29, 1.82) is 0 Å². The van der Waals surface area contributed by atoms with Crippen LogP contribution in [0.2, 0.25) is 0 Å². The smallest absolute Gasteiger partial charge is 0.306 e. The first-order valence-electron chi connectivity index (χ1n) is 28.0. The number of aliphatic hydroxyl groups is 1. The van der Waals surface area contributed by atoms with E-state index >= 15 is 0 Å². The molecule has 0 amide bonds. The zero-order valence-electron chi connectivity index (χ0n) is 42.4. The standard InChI is InChI=1S/C58H108O5/c1-3-5-7-9-11-13-15-17-19-21-22-23-24-25-26-27-28-29-30-31-32-33-34-35-37-38-40-42-44-46-48-50-52-57(60)62-55-56(54-59)63-58(61)53-51-49-47-45-43-41-39-36-20-18-16-14-12-10-8-6-4-2/h6,8,12,14,18,20,56,59H,3-5,7,9-11,13,15-17,19,21-55H2,1-2H3/b8-6-,14-12-,20-18-. The SMILES string of the molecule is CC/C=C\C/C=C\C/C=C\CCCCCCCCCC(=O)OC(CO)COC(=O)CCCCCCCCCCCCCCCCCCCCCCCCCCCCCCCCCC. The molecule has 0 heterocycles. The van der Waals surface area contributed by atoms with Gasteiger partial charge < -0.3 is 14.6 Å². The molecule has 0 bridgehead atoms. The van der Waals surface area contributed by atoms with Gasteiger partial charge in [-0.15, -0.1) is 0 Å². The zero-order chi connectivity index (χ0) is 45.6. The van der Waals surface area contributed by atoms with Gasteiger partial charge in [0.05, 0.1) is 6.61 Å². The normalized spacial score (nSPS) is 12.4. The molecule has 0 spiro atoms. The van der Waals surface area contributed by atoms with Crippen LogP contribution in [0.3, 0.4) is 0 Å². The first-order chi connectivity index (χ1) is 31.1. The predicted molar refractivity (Wildman–Crippen MR) is 274 cm³/mol. The van der Waals surface area contributed by atoms with Crippen LogP contribution in [0.25, 0.3) is 0 Å². The molecule has 0 aliphatic heterocycles. The number of hydrogen-bond donors (Lipinski definition) is 1. The molecular formula is C58H108O5. The van der Waals surface area contributed by atoms with Gasteiger partial charge in [-0.1, -0.05) is 281 Å². The van der Waals surface area contributed by atoms with Crippen molar-refractivity contribution in [1.82, 2.24) is 0 Å². The van der Waals surface area contributed by atoms with Crippen LogP contribution in [0.4, 0.5) is 0 Å². The third kappa shape index (κ3) is 52.6. The first-order valence-corrected chi connectivity index (χ1v) is 28.0. The number of ether oxygens (including phenoxy) is 2. The molecule has 1 unspecified atom stereocenters. The Kier molecular flexibility index (Phi) is 52.8. The summed E-state index contributed by atoms with van der Waals surface area (Å²) in [6.45, 7) is 4.06. The summed E-state index contributed by atoms with van der Waals surface area (Å²) in [7, 11) is 0. The monoisotopic (exact) mass is 885 g/mol. The molecule has 5 heteroatoms. The Balaban J connectivity index is 3.39. The molecule has 0 saturated heterocycles. The van der Waals surface area contributed by atoms with Gasteiger partial charge in [0.15, 0.2) is 6.10 Å². The molecular weight excluding hydrogens is 777 g/mol. The van der Waals surface area contributed by atoms with Crippen LogP contribution in [-0.4, -0.2) is 36.4 Å². The van der Waals surface area contributed by atoms with E-state index in [1.807, 2.05) is 0 Å². The Labute approximate surface area is 393 Å². The number of esters is 2. The molecule has 5 nitrogen and oxygen atoms in total. The highest BCUT2D eigenvalue weighted by molar-refractivity contribution is 5.70. The molecule has 1 atom stereocenters. The Morgan fingerprint density at radius 2 is 0.683 bits per heavy atom. The summed E-state index contributed by atoms with van der Waals surface area (Å²) in [5, 5.41) is 9.63. The minimum Gasteiger partial charge on any atom is -0.462 e. The van der Waals surface area contributed by atoms with Crippen LogP contribution in [0.1, 0.15) is 303 Å². The van der Waals surface area contributed by atoms with Crippen LogP contribution < -0.4 is 0 Å². The lowest BCUT2D eigenvalue weighted by Crippen LogP contribution is -2.28. The molecule has 0 aliphatic carbocycles. The molecule has 0 saturated carbocycles. The van der Waals surface area contributed by atoms with Crippen molar-refractivity contribution in [2.75, 3.05) is 13.2 Å². The lowest BCUT2D eigenvalue weighted by Gasteiger charge is -2.15. The van der Waals surface area contributed by atoms with Gasteiger partial charge in [0.2, 0.25) is 0 Å². The Morgan fingerprint density at radius 1 is 0.381 bits per heavy atom. The number of allylic oxidation sites excluding steroid dienone is 6. The van der Waals surface area contributed by atoms with Gasteiger partial charge in [-0.2, -0.15) is 0 Å². The van der Waals surface area contributed by atoms with Crippen molar-refractivity contribution in [2.45, 2.75) is 309 Å². The maximum atomic E-state index is 12.3. The molecule has 0 aromatic heterocycles. The average molecular weight is 885 g/mol. The molecule has 0 aromatic rings. The van der Waals surface area contributed by atoms with Gasteiger partial charge in [0.25, 0.3) is 0 Å². The molecule has 0 fully saturated rings. The fourth-order valence-corrected chi connectivity index (χ4v) is 8.51. The molecule has 370 valence electrons. The van der Waals surface area contributed by atoms with Gasteiger partial charge in [-0.3, -0.25) is 9.59 Å². The Hall–Kier alpha value is -1.88. The highest BCUT2D eigenvalue weighted by Crippen LogP contribution is 2.18. The molecule has 0 aliphatic rings. The van der Waals surface area contributed by atoms with Gasteiger partial charge in [-0.25, -0.2) is 0 Å². The van der Waals surface area contributed by atoms with E-state index in [9.17, 15) is 14.7 Å². The number of aliphatic hydroxyl groups excluding tert-OH is 1. The van der Waals surface area contributed by atoms with E-state index in [-0.39, 0.29) is 25.2 Å². The van der Waals surface area contributed by atoms with Crippen molar-refractivity contribution < 1.29 is 24.2 Å². The number of hydrogen-bond acceptors (Lipinski definition) is 5. The summed E-state index contributed by atoms with van der Waals surface area (Å²) < 4.78 is 10.7. The summed E-state index contributed by atoms with van der Waals surface area (Å²) in [5.74, 6) is -0.588. The average Bonchev–Trinajstić information content (AvgIpc) is 3.29. The number of unbranched alkanes of at least 4 members (excludes halogenated alkanes) is 38. The van der Waals surface area contributed by atoms with E-state index in [1.165, 1.54) is 212 Å². The second-order valence-electron chi connectivity index (χ2n) is 19.0. The Morgan fingerprint density at radius 3 is 1.03 bits per heavy atom.